The maximum Gasteiger partial charge on any atom is 0.242 e. The van der Waals surface area contributed by atoms with Crippen molar-refractivity contribution in [2.45, 2.75) is 57.4 Å². The van der Waals surface area contributed by atoms with Crippen molar-refractivity contribution in [2.75, 3.05) is 32.4 Å². The van der Waals surface area contributed by atoms with Crippen molar-refractivity contribution in [1.29, 1.82) is 0 Å². The minimum absolute atomic E-state index is 0.0610. The van der Waals surface area contributed by atoms with Crippen LogP contribution < -0.4 is 4.72 Å². The molecular formula is C16H29N3O4S. The number of nitrogens with one attached hydrogen (secondary N) is 1. The van der Waals surface area contributed by atoms with Crippen LogP contribution in [0.4, 0.5) is 0 Å². The maximum absolute atomic E-state index is 12.7. The number of likely N-dealkylation sites (tertiary alicyclic amines) is 2. The highest BCUT2D eigenvalue weighted by atomic mass is 32.2. The number of rotatable bonds is 5. The second kappa shape index (κ2) is 8.80. The van der Waals surface area contributed by atoms with Crippen LogP contribution in [-0.4, -0.2) is 68.5 Å². The summed E-state index contributed by atoms with van der Waals surface area (Å²) in [5, 5.41) is 0. The lowest BCUT2D eigenvalue weighted by Gasteiger charge is -2.37. The molecule has 0 aliphatic carbocycles. The molecule has 24 heavy (non-hydrogen) atoms. The first-order valence-electron chi connectivity index (χ1n) is 8.89. The Morgan fingerprint density at radius 1 is 1.12 bits per heavy atom. The summed E-state index contributed by atoms with van der Waals surface area (Å²) >= 11 is 0. The summed E-state index contributed by atoms with van der Waals surface area (Å²) < 4.78 is 25.1. The molecule has 138 valence electrons. The highest BCUT2D eigenvalue weighted by Gasteiger charge is 2.29. The Kier molecular flexibility index (Phi) is 7.03. The van der Waals surface area contributed by atoms with Gasteiger partial charge in [-0.25, -0.2) is 13.1 Å². The van der Waals surface area contributed by atoms with E-state index in [0.29, 0.717) is 19.5 Å². The van der Waals surface area contributed by atoms with Crippen molar-refractivity contribution in [3.8, 4) is 0 Å². The summed E-state index contributed by atoms with van der Waals surface area (Å²) in [5.41, 5.74) is 0. The third kappa shape index (κ3) is 6.05. The lowest BCUT2D eigenvalue weighted by atomic mass is 10.0. The van der Waals surface area contributed by atoms with Crippen LogP contribution in [0.25, 0.3) is 0 Å². The van der Waals surface area contributed by atoms with Crippen LogP contribution in [0, 0.1) is 0 Å². The van der Waals surface area contributed by atoms with E-state index < -0.39 is 10.0 Å². The van der Waals surface area contributed by atoms with Crippen LogP contribution in [0.2, 0.25) is 0 Å². The first-order valence-corrected chi connectivity index (χ1v) is 10.8. The van der Waals surface area contributed by atoms with Gasteiger partial charge in [-0.1, -0.05) is 12.8 Å². The monoisotopic (exact) mass is 359 g/mol. The highest BCUT2D eigenvalue weighted by Crippen LogP contribution is 2.18. The van der Waals surface area contributed by atoms with E-state index in [1.165, 1.54) is 0 Å². The summed E-state index contributed by atoms with van der Waals surface area (Å²) in [6.07, 6.45) is 8.38. The van der Waals surface area contributed by atoms with Gasteiger partial charge in [0.15, 0.2) is 0 Å². The molecule has 0 aromatic carbocycles. The first-order chi connectivity index (χ1) is 11.4. The van der Waals surface area contributed by atoms with Crippen molar-refractivity contribution in [2.24, 2.45) is 0 Å². The van der Waals surface area contributed by atoms with Gasteiger partial charge in [0.2, 0.25) is 21.8 Å². The summed E-state index contributed by atoms with van der Waals surface area (Å²) in [7, 11) is -3.27. The highest BCUT2D eigenvalue weighted by molar-refractivity contribution is 7.88. The van der Waals surface area contributed by atoms with Crippen molar-refractivity contribution in [1.82, 2.24) is 14.5 Å². The molecule has 0 radical (unpaired) electrons. The number of carbonyl (C=O) groups is 2. The third-order valence-electron chi connectivity index (χ3n) is 4.78. The van der Waals surface area contributed by atoms with Gasteiger partial charge in [0.25, 0.3) is 0 Å². The molecule has 0 aromatic heterocycles. The van der Waals surface area contributed by atoms with E-state index in [0.717, 1.165) is 51.2 Å². The minimum atomic E-state index is -3.27. The molecule has 0 aromatic rings. The van der Waals surface area contributed by atoms with E-state index in [1.807, 2.05) is 0 Å². The Hall–Kier alpha value is -1.15. The lowest BCUT2D eigenvalue weighted by molar-refractivity contribution is -0.143. The molecule has 2 amide bonds. The van der Waals surface area contributed by atoms with Gasteiger partial charge in [-0.15, -0.1) is 0 Å². The van der Waals surface area contributed by atoms with Crippen molar-refractivity contribution >= 4 is 21.8 Å². The molecule has 2 rings (SSSR count). The summed E-state index contributed by atoms with van der Waals surface area (Å²) in [6.45, 7) is 1.65. The standard InChI is InChI=1S/C16H29N3O4S/c1-24(22,23)17-12-14-8-5-7-11-19(14)16(21)13-18-10-6-3-2-4-9-15(18)20/h14,17H,2-13H2,1H3. The molecule has 2 saturated heterocycles. The molecule has 0 spiro atoms. The molecule has 1 N–H and O–H groups in total. The fourth-order valence-corrected chi connectivity index (χ4v) is 3.92. The average Bonchev–Trinajstić information content (AvgIpc) is 2.52. The smallest absolute Gasteiger partial charge is 0.242 e. The number of sulfonamides is 1. The van der Waals surface area contributed by atoms with Gasteiger partial charge in [-0.05, 0) is 32.1 Å². The number of nitrogens with zero attached hydrogens (tertiary/aromatic N) is 2. The molecule has 1 atom stereocenters. The molecule has 2 fully saturated rings. The quantitative estimate of drug-likeness (QED) is 0.783. The zero-order valence-corrected chi connectivity index (χ0v) is 15.3. The van der Waals surface area contributed by atoms with Crippen LogP contribution in [0.5, 0.6) is 0 Å². The molecule has 0 saturated carbocycles. The molecular weight excluding hydrogens is 330 g/mol. The van der Waals surface area contributed by atoms with Crippen LogP contribution >= 0.6 is 0 Å². The topological polar surface area (TPSA) is 86.8 Å². The molecule has 2 aliphatic heterocycles. The Morgan fingerprint density at radius 3 is 2.58 bits per heavy atom. The van der Waals surface area contributed by atoms with Gasteiger partial charge in [0, 0.05) is 32.1 Å². The fourth-order valence-electron chi connectivity index (χ4n) is 3.43. The predicted molar refractivity (Wildman–Crippen MR) is 91.9 cm³/mol. The number of amides is 2. The van der Waals surface area contributed by atoms with Gasteiger partial charge < -0.3 is 9.80 Å². The van der Waals surface area contributed by atoms with Gasteiger partial charge >= 0.3 is 0 Å². The zero-order chi connectivity index (χ0) is 17.6. The number of hydrogen-bond donors (Lipinski definition) is 1. The van der Waals surface area contributed by atoms with E-state index in [1.54, 1.807) is 9.80 Å². The first kappa shape index (κ1) is 19.2. The molecule has 2 heterocycles. The second-order valence-electron chi connectivity index (χ2n) is 6.84. The van der Waals surface area contributed by atoms with Crippen molar-refractivity contribution < 1.29 is 18.0 Å². The summed E-state index contributed by atoms with van der Waals surface area (Å²) in [5.74, 6) is -0.00482. The predicted octanol–water partition coefficient (Wildman–Crippen LogP) is 0.709. The molecule has 7 nitrogen and oxygen atoms in total. The van der Waals surface area contributed by atoms with Gasteiger partial charge in [0.1, 0.15) is 0 Å². The normalized spacial score (nSPS) is 23.7. The maximum atomic E-state index is 12.7. The van der Waals surface area contributed by atoms with E-state index in [9.17, 15) is 18.0 Å². The van der Waals surface area contributed by atoms with Crippen LogP contribution in [0.1, 0.15) is 51.4 Å². The Morgan fingerprint density at radius 2 is 1.83 bits per heavy atom. The molecule has 2 aliphatic rings. The van der Waals surface area contributed by atoms with Crippen LogP contribution in [0.15, 0.2) is 0 Å². The third-order valence-corrected chi connectivity index (χ3v) is 5.47. The number of piperidine rings is 1. The SMILES string of the molecule is CS(=O)(=O)NCC1CCCCN1C(=O)CN1CCCCCCC1=O. The van der Waals surface area contributed by atoms with Gasteiger partial charge in [-0.2, -0.15) is 0 Å². The zero-order valence-electron chi connectivity index (χ0n) is 14.5. The Balaban J connectivity index is 1.95. The van der Waals surface area contributed by atoms with Gasteiger partial charge in [0.05, 0.1) is 12.8 Å². The van der Waals surface area contributed by atoms with Gasteiger partial charge in [-0.3, -0.25) is 9.59 Å². The number of carbonyl (C=O) groups excluding carboxylic acids is 2. The second-order valence-corrected chi connectivity index (χ2v) is 8.67. The molecule has 0 bridgehead atoms. The van der Waals surface area contributed by atoms with Crippen molar-refractivity contribution in [3.63, 3.8) is 0 Å². The largest absolute Gasteiger partial charge is 0.337 e. The lowest BCUT2D eigenvalue weighted by Crippen LogP contribution is -2.52. The Labute approximate surface area is 144 Å². The fraction of sp³-hybridized carbons (Fsp3) is 0.875. The van der Waals surface area contributed by atoms with E-state index >= 15 is 0 Å². The van der Waals surface area contributed by atoms with Crippen molar-refractivity contribution in [3.05, 3.63) is 0 Å². The Bertz CT molecular complexity index is 550. The van der Waals surface area contributed by atoms with E-state index in [-0.39, 0.29) is 30.9 Å². The van der Waals surface area contributed by atoms with Crippen LogP contribution in [-0.2, 0) is 19.6 Å². The van der Waals surface area contributed by atoms with E-state index in [2.05, 4.69) is 4.72 Å². The molecule has 1 unspecified atom stereocenters. The molecule has 8 heteroatoms. The van der Waals surface area contributed by atoms with Crippen LogP contribution in [0.3, 0.4) is 0 Å². The summed E-state index contributed by atoms with van der Waals surface area (Å²) in [6, 6.07) is -0.120. The average molecular weight is 359 g/mol. The summed E-state index contributed by atoms with van der Waals surface area (Å²) in [4.78, 5) is 28.3. The van der Waals surface area contributed by atoms with E-state index in [4.69, 9.17) is 0 Å². The minimum Gasteiger partial charge on any atom is -0.337 e. The number of hydrogen-bond acceptors (Lipinski definition) is 4.